The van der Waals surface area contributed by atoms with E-state index >= 15 is 0 Å². The predicted molar refractivity (Wildman–Crippen MR) is 77.4 cm³/mol. The smallest absolute Gasteiger partial charge is 0.230 e. The summed E-state index contributed by atoms with van der Waals surface area (Å²) in [6.45, 7) is 2.96. The molecular formula is C15H15ClN2O3. The minimum Gasteiger partial charge on any atom is -0.485 e. The normalized spacial score (nSPS) is 14.9. The van der Waals surface area contributed by atoms with Crippen molar-refractivity contribution in [3.63, 3.8) is 0 Å². The van der Waals surface area contributed by atoms with Gasteiger partial charge in [0, 0.05) is 6.07 Å². The van der Waals surface area contributed by atoms with Gasteiger partial charge < -0.3 is 14.2 Å². The molecule has 1 aliphatic heterocycles. The second-order valence-electron chi connectivity index (χ2n) is 5.08. The lowest BCUT2D eigenvalue weighted by molar-refractivity contribution is -0.139. The molecule has 0 N–H and O–H groups in total. The summed E-state index contributed by atoms with van der Waals surface area (Å²) in [5, 5.41) is 4.35. The fourth-order valence-corrected chi connectivity index (χ4v) is 2.38. The number of para-hydroxylation sites is 1. The molecule has 0 radical (unpaired) electrons. The van der Waals surface area contributed by atoms with Gasteiger partial charge in [-0.3, -0.25) is 4.79 Å². The van der Waals surface area contributed by atoms with E-state index in [9.17, 15) is 4.79 Å². The van der Waals surface area contributed by atoms with Crippen molar-refractivity contribution in [2.75, 3.05) is 13.1 Å². The number of nitrogens with zero attached hydrogens (tertiary/aromatic N) is 2. The molecule has 1 fully saturated rings. The zero-order valence-electron chi connectivity index (χ0n) is 11.6. The molecule has 1 aromatic heterocycles. The molecule has 3 rings (SSSR count). The molecule has 2 heterocycles. The number of carbonyl (C=O) groups excluding carboxylic acids is 1. The van der Waals surface area contributed by atoms with E-state index in [2.05, 4.69) is 5.16 Å². The second-order valence-corrected chi connectivity index (χ2v) is 5.49. The Hall–Kier alpha value is -2.01. The monoisotopic (exact) mass is 306 g/mol. The van der Waals surface area contributed by atoms with E-state index in [1.54, 1.807) is 17.0 Å². The van der Waals surface area contributed by atoms with Crippen LogP contribution in [0.3, 0.4) is 0 Å². The fraction of sp³-hybridized carbons (Fsp3) is 0.333. The van der Waals surface area contributed by atoms with Crippen LogP contribution in [-0.2, 0) is 11.2 Å². The Kier molecular flexibility index (Phi) is 3.84. The molecule has 0 unspecified atom stereocenters. The number of carbonyl (C=O) groups is 1. The third-order valence-electron chi connectivity index (χ3n) is 3.33. The third-order valence-corrected chi connectivity index (χ3v) is 3.65. The van der Waals surface area contributed by atoms with E-state index in [-0.39, 0.29) is 18.4 Å². The first-order chi connectivity index (χ1) is 10.1. The Morgan fingerprint density at radius 3 is 2.90 bits per heavy atom. The number of amides is 1. The lowest BCUT2D eigenvalue weighted by atomic mass is 10.1. The van der Waals surface area contributed by atoms with Gasteiger partial charge in [-0.25, -0.2) is 0 Å². The van der Waals surface area contributed by atoms with Crippen LogP contribution in [0.15, 0.2) is 34.9 Å². The summed E-state index contributed by atoms with van der Waals surface area (Å²) >= 11 is 6.03. The van der Waals surface area contributed by atoms with E-state index in [0.717, 1.165) is 5.69 Å². The zero-order chi connectivity index (χ0) is 14.8. The molecule has 21 heavy (non-hydrogen) atoms. The summed E-state index contributed by atoms with van der Waals surface area (Å²) in [6, 6.07) is 9.10. The van der Waals surface area contributed by atoms with E-state index in [1.165, 1.54) is 0 Å². The minimum absolute atomic E-state index is 0.00897. The molecule has 1 saturated heterocycles. The molecule has 2 aromatic rings. The van der Waals surface area contributed by atoms with Crippen molar-refractivity contribution < 1.29 is 14.1 Å². The second kappa shape index (κ2) is 5.77. The van der Waals surface area contributed by atoms with Gasteiger partial charge in [-0.2, -0.15) is 0 Å². The number of hydrogen-bond acceptors (Lipinski definition) is 4. The van der Waals surface area contributed by atoms with Crippen LogP contribution in [0, 0.1) is 6.92 Å². The van der Waals surface area contributed by atoms with Crippen molar-refractivity contribution in [1.29, 1.82) is 0 Å². The number of halogens is 1. The molecule has 0 aliphatic carbocycles. The van der Waals surface area contributed by atoms with Crippen molar-refractivity contribution >= 4 is 17.5 Å². The van der Waals surface area contributed by atoms with Crippen LogP contribution in [0.4, 0.5) is 0 Å². The molecule has 1 amide bonds. The average molecular weight is 307 g/mol. The van der Waals surface area contributed by atoms with Crippen LogP contribution in [0.25, 0.3) is 0 Å². The maximum atomic E-state index is 12.0. The average Bonchev–Trinajstić information content (AvgIpc) is 2.80. The molecule has 0 saturated carbocycles. The Labute approximate surface area is 127 Å². The van der Waals surface area contributed by atoms with Crippen LogP contribution in [0.5, 0.6) is 5.75 Å². The lowest BCUT2D eigenvalue weighted by Crippen LogP contribution is -2.56. The van der Waals surface area contributed by atoms with Crippen LogP contribution in [0.1, 0.15) is 11.5 Å². The molecule has 6 heteroatoms. The molecule has 1 aromatic carbocycles. The van der Waals surface area contributed by atoms with Crippen molar-refractivity contribution in [3.05, 3.63) is 46.8 Å². The number of aryl methyl sites for hydroxylation is 1. The summed E-state index contributed by atoms with van der Waals surface area (Å²) in [7, 11) is 0. The molecule has 1 aliphatic rings. The Morgan fingerprint density at radius 1 is 1.48 bits per heavy atom. The van der Waals surface area contributed by atoms with E-state index in [0.29, 0.717) is 29.6 Å². The summed E-state index contributed by atoms with van der Waals surface area (Å²) in [6.07, 6.45) is 0.227. The summed E-state index contributed by atoms with van der Waals surface area (Å²) in [5.41, 5.74) is 0.779. The van der Waals surface area contributed by atoms with Crippen molar-refractivity contribution in [2.45, 2.75) is 19.4 Å². The molecule has 0 bridgehead atoms. The van der Waals surface area contributed by atoms with Gasteiger partial charge in [-0.1, -0.05) is 28.9 Å². The maximum absolute atomic E-state index is 12.0. The quantitative estimate of drug-likeness (QED) is 0.871. The third kappa shape index (κ3) is 3.19. The van der Waals surface area contributed by atoms with Crippen molar-refractivity contribution in [2.24, 2.45) is 0 Å². The maximum Gasteiger partial charge on any atom is 0.230 e. The molecule has 0 atom stereocenters. The molecule has 0 spiro atoms. The van der Waals surface area contributed by atoms with Crippen LogP contribution >= 0.6 is 11.6 Å². The van der Waals surface area contributed by atoms with E-state index in [1.807, 2.05) is 25.1 Å². The van der Waals surface area contributed by atoms with Crippen molar-refractivity contribution in [1.82, 2.24) is 10.1 Å². The minimum atomic E-state index is -0.00897. The van der Waals surface area contributed by atoms with Crippen LogP contribution in [0.2, 0.25) is 5.02 Å². The van der Waals surface area contributed by atoms with E-state index < -0.39 is 0 Å². The zero-order valence-corrected chi connectivity index (χ0v) is 12.3. The van der Waals surface area contributed by atoms with Crippen molar-refractivity contribution in [3.8, 4) is 5.75 Å². The van der Waals surface area contributed by atoms with Gasteiger partial charge >= 0.3 is 0 Å². The van der Waals surface area contributed by atoms with Gasteiger partial charge in [0.25, 0.3) is 0 Å². The largest absolute Gasteiger partial charge is 0.485 e. The number of hydrogen-bond donors (Lipinski definition) is 0. The van der Waals surface area contributed by atoms with E-state index in [4.69, 9.17) is 20.9 Å². The Morgan fingerprint density at radius 2 is 2.24 bits per heavy atom. The van der Waals surface area contributed by atoms with Crippen LogP contribution < -0.4 is 4.74 Å². The lowest BCUT2D eigenvalue weighted by Gasteiger charge is -2.39. The molecule has 5 nitrogen and oxygen atoms in total. The standard InChI is InChI=1S/C15H15ClN2O3/c1-10-6-11(21-17-10)7-15(19)18-8-12(9-18)20-14-5-3-2-4-13(14)16/h2-6,12H,7-9H2,1H3. The first-order valence-electron chi connectivity index (χ1n) is 6.73. The van der Waals surface area contributed by atoms with Gasteiger partial charge in [-0.05, 0) is 19.1 Å². The van der Waals surface area contributed by atoms with Gasteiger partial charge in [0.1, 0.15) is 17.6 Å². The number of ether oxygens (including phenoxy) is 1. The Balaban J connectivity index is 1.49. The SMILES string of the molecule is Cc1cc(CC(=O)N2CC(Oc3ccccc3Cl)C2)on1. The summed E-state index contributed by atoms with van der Waals surface area (Å²) in [4.78, 5) is 13.8. The number of benzene rings is 1. The topological polar surface area (TPSA) is 55.6 Å². The first-order valence-corrected chi connectivity index (χ1v) is 7.11. The fourth-order valence-electron chi connectivity index (χ4n) is 2.20. The first kappa shape index (κ1) is 13.9. The van der Waals surface area contributed by atoms with Gasteiger partial charge in [-0.15, -0.1) is 0 Å². The highest BCUT2D eigenvalue weighted by Crippen LogP contribution is 2.26. The van der Waals surface area contributed by atoms with Crippen LogP contribution in [-0.4, -0.2) is 35.2 Å². The highest BCUT2D eigenvalue weighted by atomic mass is 35.5. The Bertz CT molecular complexity index is 650. The highest BCUT2D eigenvalue weighted by molar-refractivity contribution is 6.32. The number of rotatable bonds is 4. The molecule has 110 valence electrons. The van der Waals surface area contributed by atoms with Gasteiger partial charge in [0.2, 0.25) is 5.91 Å². The van der Waals surface area contributed by atoms with Gasteiger partial charge in [0.05, 0.1) is 30.2 Å². The summed E-state index contributed by atoms with van der Waals surface area (Å²) < 4.78 is 10.8. The van der Waals surface area contributed by atoms with Gasteiger partial charge in [0.15, 0.2) is 0 Å². The highest BCUT2D eigenvalue weighted by Gasteiger charge is 2.32. The predicted octanol–water partition coefficient (Wildman–Crippen LogP) is 2.47. The number of likely N-dealkylation sites (tertiary alicyclic amines) is 1. The molecular weight excluding hydrogens is 292 g/mol. The number of aromatic nitrogens is 1. The summed E-state index contributed by atoms with van der Waals surface area (Å²) in [5.74, 6) is 1.26.